The van der Waals surface area contributed by atoms with Gasteiger partial charge in [-0.3, -0.25) is 14.6 Å². The zero-order valence-corrected chi connectivity index (χ0v) is 15.5. The van der Waals surface area contributed by atoms with Crippen LogP contribution < -0.4 is 10.1 Å². The molecule has 0 aliphatic heterocycles. The Hall–Kier alpha value is -2.97. The third-order valence-corrected chi connectivity index (χ3v) is 3.68. The molecule has 0 saturated carbocycles. The number of ketones is 1. The minimum absolute atomic E-state index is 0.0210. The fraction of sp³-hybridized carbons (Fsp3) is 0.368. The van der Waals surface area contributed by atoms with Gasteiger partial charge in [-0.2, -0.15) is 13.2 Å². The predicted molar refractivity (Wildman–Crippen MR) is 94.9 cm³/mol. The van der Waals surface area contributed by atoms with Crippen LogP contribution in [-0.2, 0) is 17.8 Å². The van der Waals surface area contributed by atoms with Crippen LogP contribution in [0.1, 0.15) is 40.7 Å². The van der Waals surface area contributed by atoms with Gasteiger partial charge >= 0.3 is 6.18 Å². The second-order valence-electron chi connectivity index (χ2n) is 6.15. The summed E-state index contributed by atoms with van der Waals surface area (Å²) in [5, 5.41) is 2.68. The Kier molecular flexibility index (Phi) is 7.08. The topological polar surface area (TPSA) is 81.2 Å². The highest BCUT2D eigenvalue weighted by Crippen LogP contribution is 2.17. The highest BCUT2D eigenvalue weighted by Gasteiger charge is 2.28. The quantitative estimate of drug-likeness (QED) is 0.743. The lowest BCUT2D eigenvalue weighted by Crippen LogP contribution is -2.23. The second kappa shape index (κ2) is 9.29. The van der Waals surface area contributed by atoms with Crippen molar-refractivity contribution in [3.8, 4) is 5.88 Å². The monoisotopic (exact) mass is 395 g/mol. The Balaban J connectivity index is 2.01. The van der Waals surface area contributed by atoms with E-state index in [4.69, 9.17) is 0 Å². The third-order valence-electron chi connectivity index (χ3n) is 3.68. The Bertz CT molecular complexity index is 854. The molecule has 0 aliphatic rings. The summed E-state index contributed by atoms with van der Waals surface area (Å²) in [6.45, 7) is 2.12. The summed E-state index contributed by atoms with van der Waals surface area (Å²) in [6.07, 6.45) is -2.61. The lowest BCUT2D eigenvalue weighted by molar-refractivity contribution is -0.154. The number of ether oxygens (including phenoxy) is 1. The predicted octanol–water partition coefficient (Wildman–Crippen LogP) is 3.18. The number of Topliss-reactive ketones (excluding diaryl/α,β-unsaturated/α-hetero) is 1. The van der Waals surface area contributed by atoms with Crippen molar-refractivity contribution in [1.29, 1.82) is 0 Å². The number of aromatic nitrogens is 2. The van der Waals surface area contributed by atoms with E-state index in [-0.39, 0.29) is 30.5 Å². The normalized spacial score (nSPS) is 11.2. The summed E-state index contributed by atoms with van der Waals surface area (Å²) < 4.78 is 41.2. The minimum Gasteiger partial charge on any atom is -0.468 e. The van der Waals surface area contributed by atoms with Crippen molar-refractivity contribution in [3.05, 3.63) is 53.0 Å². The van der Waals surface area contributed by atoms with E-state index in [0.717, 1.165) is 0 Å². The Morgan fingerprint density at radius 3 is 2.64 bits per heavy atom. The molecule has 0 atom stereocenters. The number of amides is 1. The highest BCUT2D eigenvalue weighted by atomic mass is 19.4. The number of nitrogens with one attached hydrogen (secondary N) is 1. The standard InChI is InChI=1S/C19H20F3N3O3/c1-3-16(26)9-15-8-14(6-12(2)25-15)18(27)24-10-13-4-5-23-17(7-13)28-11-19(20,21)22/h4-8H,3,9-11H2,1-2H3,(H,24,27). The molecule has 28 heavy (non-hydrogen) atoms. The number of carbonyl (C=O) groups excluding carboxylic acids is 2. The van der Waals surface area contributed by atoms with Crippen LogP contribution in [0, 0.1) is 6.92 Å². The first-order valence-electron chi connectivity index (χ1n) is 8.58. The maximum absolute atomic E-state index is 12.4. The van der Waals surface area contributed by atoms with Crippen molar-refractivity contribution in [2.24, 2.45) is 0 Å². The average molecular weight is 395 g/mol. The third kappa shape index (κ3) is 6.98. The Labute approximate surface area is 160 Å². The molecule has 9 heteroatoms. The Morgan fingerprint density at radius 1 is 1.21 bits per heavy atom. The lowest BCUT2D eigenvalue weighted by Gasteiger charge is -2.10. The zero-order valence-electron chi connectivity index (χ0n) is 15.5. The van der Waals surface area contributed by atoms with Crippen LogP contribution in [0.5, 0.6) is 5.88 Å². The number of alkyl halides is 3. The van der Waals surface area contributed by atoms with Crippen molar-refractivity contribution in [1.82, 2.24) is 15.3 Å². The summed E-state index contributed by atoms with van der Waals surface area (Å²) in [5.41, 5.74) is 2.02. The summed E-state index contributed by atoms with van der Waals surface area (Å²) in [5.74, 6) is -0.540. The maximum Gasteiger partial charge on any atom is 0.422 e. The molecular weight excluding hydrogens is 375 g/mol. The fourth-order valence-electron chi connectivity index (χ4n) is 2.37. The van der Waals surface area contributed by atoms with Gasteiger partial charge in [0.25, 0.3) is 5.91 Å². The fourth-order valence-corrected chi connectivity index (χ4v) is 2.37. The number of pyridine rings is 2. The van der Waals surface area contributed by atoms with E-state index in [1.807, 2.05) is 0 Å². The van der Waals surface area contributed by atoms with Crippen LogP contribution >= 0.6 is 0 Å². The first kappa shape index (κ1) is 21.3. The van der Waals surface area contributed by atoms with Gasteiger partial charge in [0.2, 0.25) is 5.88 Å². The van der Waals surface area contributed by atoms with Gasteiger partial charge in [-0.25, -0.2) is 4.98 Å². The molecule has 0 aromatic carbocycles. The van der Waals surface area contributed by atoms with Gasteiger partial charge in [0.05, 0.1) is 0 Å². The van der Waals surface area contributed by atoms with Crippen LogP contribution in [0.4, 0.5) is 13.2 Å². The first-order chi connectivity index (χ1) is 13.2. The average Bonchev–Trinajstić information content (AvgIpc) is 2.63. The molecule has 0 radical (unpaired) electrons. The van der Waals surface area contributed by atoms with Crippen molar-refractivity contribution in [2.45, 2.75) is 39.4 Å². The maximum atomic E-state index is 12.4. The molecule has 0 saturated heterocycles. The van der Waals surface area contributed by atoms with Crippen LogP contribution in [-0.4, -0.2) is 34.4 Å². The summed E-state index contributed by atoms with van der Waals surface area (Å²) in [7, 11) is 0. The molecule has 150 valence electrons. The molecule has 1 N–H and O–H groups in total. The Morgan fingerprint density at radius 2 is 1.96 bits per heavy atom. The highest BCUT2D eigenvalue weighted by molar-refractivity contribution is 5.94. The van der Waals surface area contributed by atoms with Crippen LogP contribution in [0.25, 0.3) is 0 Å². The van der Waals surface area contributed by atoms with Gasteiger partial charge in [-0.1, -0.05) is 6.92 Å². The first-order valence-corrected chi connectivity index (χ1v) is 8.58. The van der Waals surface area contributed by atoms with E-state index in [9.17, 15) is 22.8 Å². The van der Waals surface area contributed by atoms with E-state index in [1.54, 1.807) is 32.0 Å². The molecule has 6 nitrogen and oxygen atoms in total. The van der Waals surface area contributed by atoms with Crippen LogP contribution in [0.3, 0.4) is 0 Å². The van der Waals surface area contributed by atoms with Crippen LogP contribution in [0.15, 0.2) is 30.5 Å². The van der Waals surface area contributed by atoms with E-state index in [2.05, 4.69) is 20.0 Å². The number of nitrogens with zero attached hydrogens (tertiary/aromatic N) is 2. The zero-order chi connectivity index (χ0) is 20.7. The van der Waals surface area contributed by atoms with Gasteiger partial charge in [0.15, 0.2) is 6.61 Å². The minimum atomic E-state index is -4.46. The number of halogens is 3. The smallest absolute Gasteiger partial charge is 0.422 e. The molecule has 2 heterocycles. The van der Waals surface area contributed by atoms with Crippen LogP contribution in [0.2, 0.25) is 0 Å². The number of hydrogen-bond donors (Lipinski definition) is 1. The molecule has 0 spiro atoms. The molecular formula is C19H20F3N3O3. The number of carbonyl (C=O) groups is 2. The lowest BCUT2D eigenvalue weighted by atomic mass is 10.1. The van der Waals surface area contributed by atoms with Crippen molar-refractivity contribution >= 4 is 11.7 Å². The van der Waals surface area contributed by atoms with Crippen molar-refractivity contribution < 1.29 is 27.5 Å². The summed E-state index contributed by atoms with van der Waals surface area (Å²) in [6, 6.07) is 6.04. The molecule has 0 aliphatic carbocycles. The van der Waals surface area contributed by atoms with E-state index >= 15 is 0 Å². The second-order valence-corrected chi connectivity index (χ2v) is 6.15. The molecule has 0 bridgehead atoms. The van der Waals surface area contributed by atoms with Gasteiger partial charge in [0.1, 0.15) is 5.78 Å². The summed E-state index contributed by atoms with van der Waals surface area (Å²) in [4.78, 5) is 32.0. The summed E-state index contributed by atoms with van der Waals surface area (Å²) >= 11 is 0. The molecule has 0 unspecified atom stereocenters. The molecule has 1 amide bonds. The molecule has 0 fully saturated rings. The van der Waals surface area contributed by atoms with Gasteiger partial charge < -0.3 is 10.1 Å². The van der Waals surface area contributed by atoms with Gasteiger partial charge in [-0.05, 0) is 30.7 Å². The molecule has 2 aromatic rings. The molecule has 2 rings (SSSR count). The number of rotatable bonds is 8. The van der Waals surface area contributed by atoms with Gasteiger partial charge in [-0.15, -0.1) is 0 Å². The van der Waals surface area contributed by atoms with Crippen molar-refractivity contribution in [2.75, 3.05) is 6.61 Å². The van der Waals surface area contributed by atoms with E-state index < -0.39 is 12.8 Å². The number of aryl methyl sites for hydroxylation is 1. The van der Waals surface area contributed by atoms with Gasteiger partial charge in [0, 0.05) is 48.6 Å². The molecule has 2 aromatic heterocycles. The van der Waals surface area contributed by atoms with Crippen molar-refractivity contribution in [3.63, 3.8) is 0 Å². The number of hydrogen-bond acceptors (Lipinski definition) is 5. The van der Waals surface area contributed by atoms with E-state index in [0.29, 0.717) is 28.9 Å². The largest absolute Gasteiger partial charge is 0.468 e. The SMILES string of the molecule is CCC(=O)Cc1cc(C(=O)NCc2ccnc(OCC(F)(F)F)c2)cc(C)n1. The van der Waals surface area contributed by atoms with E-state index in [1.165, 1.54) is 12.3 Å².